The van der Waals surface area contributed by atoms with Crippen molar-refractivity contribution in [1.29, 1.82) is 0 Å². The number of hydrogen-bond acceptors (Lipinski definition) is 3. The lowest BCUT2D eigenvalue weighted by atomic mass is 10.1. The molecule has 2 aliphatic rings. The first kappa shape index (κ1) is 13.8. The van der Waals surface area contributed by atoms with Crippen molar-refractivity contribution < 1.29 is 4.79 Å². The van der Waals surface area contributed by atoms with E-state index in [0.717, 1.165) is 10.8 Å². The number of nitrogens with one attached hydrogen (secondary N) is 1. The van der Waals surface area contributed by atoms with E-state index in [1.165, 1.54) is 18.4 Å². The molecule has 3 nitrogen and oxygen atoms in total. The normalized spacial score (nSPS) is 27.0. The molecule has 2 aliphatic carbocycles. The molecule has 1 aromatic rings. The van der Waals surface area contributed by atoms with E-state index in [1.807, 2.05) is 0 Å². The van der Waals surface area contributed by atoms with Gasteiger partial charge in [-0.1, -0.05) is 25.5 Å². The van der Waals surface area contributed by atoms with Gasteiger partial charge in [0.05, 0.1) is 11.6 Å². The number of aromatic nitrogens is 1. The SMILES string of the molecule is CC(C)=C[C@@H]1[C@@H](C(=O)Nc2nc(C3CC3)cs2)C1(C)C. The average molecular weight is 290 g/mol. The summed E-state index contributed by atoms with van der Waals surface area (Å²) in [5, 5.41) is 5.85. The first-order valence-corrected chi connectivity index (χ1v) is 8.19. The number of amides is 1. The molecule has 2 atom stereocenters. The lowest BCUT2D eigenvalue weighted by molar-refractivity contribution is -0.118. The van der Waals surface area contributed by atoms with E-state index < -0.39 is 0 Å². The maximum absolute atomic E-state index is 12.4. The molecule has 0 aromatic carbocycles. The van der Waals surface area contributed by atoms with Gasteiger partial charge >= 0.3 is 0 Å². The fourth-order valence-corrected chi connectivity index (χ4v) is 3.74. The fraction of sp³-hybridized carbons (Fsp3) is 0.625. The molecule has 1 N–H and O–H groups in total. The van der Waals surface area contributed by atoms with Crippen LogP contribution in [0.1, 0.15) is 52.1 Å². The predicted molar refractivity (Wildman–Crippen MR) is 82.9 cm³/mol. The lowest BCUT2D eigenvalue weighted by Crippen LogP contribution is -2.16. The summed E-state index contributed by atoms with van der Waals surface area (Å²) in [4.78, 5) is 16.9. The Morgan fingerprint density at radius 1 is 1.45 bits per heavy atom. The van der Waals surface area contributed by atoms with Crippen LogP contribution in [0.2, 0.25) is 0 Å². The van der Waals surface area contributed by atoms with Crippen LogP contribution in [0.25, 0.3) is 0 Å². The van der Waals surface area contributed by atoms with Gasteiger partial charge in [0.15, 0.2) is 5.13 Å². The summed E-state index contributed by atoms with van der Waals surface area (Å²) in [5.41, 5.74) is 2.50. The van der Waals surface area contributed by atoms with Crippen molar-refractivity contribution in [3.05, 3.63) is 22.7 Å². The first-order valence-electron chi connectivity index (χ1n) is 7.31. The van der Waals surface area contributed by atoms with Gasteiger partial charge < -0.3 is 5.32 Å². The number of hydrogen-bond donors (Lipinski definition) is 1. The van der Waals surface area contributed by atoms with Gasteiger partial charge in [0.25, 0.3) is 0 Å². The molecule has 0 unspecified atom stereocenters. The van der Waals surface area contributed by atoms with Crippen molar-refractivity contribution in [2.45, 2.75) is 46.5 Å². The van der Waals surface area contributed by atoms with E-state index in [1.54, 1.807) is 11.3 Å². The summed E-state index contributed by atoms with van der Waals surface area (Å²) in [6.45, 7) is 8.51. The van der Waals surface area contributed by atoms with Crippen LogP contribution in [0.5, 0.6) is 0 Å². The van der Waals surface area contributed by atoms with Crippen LogP contribution < -0.4 is 5.32 Å². The van der Waals surface area contributed by atoms with Crippen LogP contribution in [0.3, 0.4) is 0 Å². The topological polar surface area (TPSA) is 42.0 Å². The van der Waals surface area contributed by atoms with Gasteiger partial charge in [-0.2, -0.15) is 0 Å². The molecule has 3 rings (SSSR count). The van der Waals surface area contributed by atoms with Crippen molar-refractivity contribution in [3.8, 4) is 0 Å². The second-order valence-corrected chi connectivity index (χ2v) is 7.77. The monoisotopic (exact) mass is 290 g/mol. The zero-order valence-electron chi connectivity index (χ0n) is 12.6. The van der Waals surface area contributed by atoms with Crippen LogP contribution >= 0.6 is 11.3 Å². The van der Waals surface area contributed by atoms with Gasteiger partial charge in [-0.3, -0.25) is 4.79 Å². The molecule has 20 heavy (non-hydrogen) atoms. The summed E-state index contributed by atoms with van der Waals surface area (Å²) in [6.07, 6.45) is 4.71. The Labute approximate surface area is 124 Å². The maximum Gasteiger partial charge on any atom is 0.230 e. The molecule has 2 fully saturated rings. The molecule has 0 saturated heterocycles. The maximum atomic E-state index is 12.4. The first-order chi connectivity index (χ1) is 9.39. The van der Waals surface area contributed by atoms with Crippen LogP contribution in [0, 0.1) is 17.3 Å². The molecule has 0 bridgehead atoms. The third-order valence-electron chi connectivity index (χ3n) is 4.45. The standard InChI is InChI=1S/C16H22N2OS/c1-9(2)7-11-13(16(11,3)4)14(19)18-15-17-12(8-20-15)10-5-6-10/h7-8,10-11,13H,5-6H2,1-4H3,(H,17,18,19)/t11-,13+/m1/s1. The Kier molecular flexibility index (Phi) is 3.24. The third kappa shape index (κ3) is 2.53. The second-order valence-electron chi connectivity index (χ2n) is 6.91. The van der Waals surface area contributed by atoms with E-state index in [9.17, 15) is 4.79 Å². The highest BCUT2D eigenvalue weighted by atomic mass is 32.1. The van der Waals surface area contributed by atoms with Crippen molar-refractivity contribution >= 4 is 22.4 Å². The molecular weight excluding hydrogens is 268 g/mol. The Balaban J connectivity index is 1.65. The van der Waals surface area contributed by atoms with Crippen molar-refractivity contribution in [2.75, 3.05) is 5.32 Å². The molecule has 108 valence electrons. The number of carbonyl (C=O) groups excluding carboxylic acids is 1. The highest BCUT2D eigenvalue weighted by molar-refractivity contribution is 7.13. The number of thiazole rings is 1. The lowest BCUT2D eigenvalue weighted by Gasteiger charge is -2.02. The van der Waals surface area contributed by atoms with Crippen molar-refractivity contribution in [1.82, 2.24) is 4.98 Å². The minimum Gasteiger partial charge on any atom is -0.302 e. The number of allylic oxidation sites excluding steroid dienone is 2. The quantitative estimate of drug-likeness (QED) is 0.844. The minimum atomic E-state index is 0.0674. The van der Waals surface area contributed by atoms with E-state index in [-0.39, 0.29) is 17.2 Å². The molecule has 1 heterocycles. The Bertz CT molecular complexity index is 565. The summed E-state index contributed by atoms with van der Waals surface area (Å²) >= 11 is 1.55. The van der Waals surface area contributed by atoms with E-state index in [0.29, 0.717) is 11.8 Å². The molecule has 2 saturated carbocycles. The summed E-state index contributed by atoms with van der Waals surface area (Å²) in [5.74, 6) is 1.20. The molecule has 1 amide bonds. The van der Waals surface area contributed by atoms with Gasteiger partial charge in [-0.05, 0) is 38.0 Å². The zero-order chi connectivity index (χ0) is 14.5. The fourth-order valence-electron chi connectivity index (χ4n) is 2.94. The predicted octanol–water partition coefficient (Wildman–Crippen LogP) is 4.20. The zero-order valence-corrected chi connectivity index (χ0v) is 13.4. The molecule has 4 heteroatoms. The van der Waals surface area contributed by atoms with Crippen LogP contribution in [-0.2, 0) is 4.79 Å². The number of carbonyl (C=O) groups is 1. The van der Waals surface area contributed by atoms with Crippen molar-refractivity contribution in [2.24, 2.45) is 17.3 Å². The van der Waals surface area contributed by atoms with Gasteiger partial charge in [-0.15, -0.1) is 11.3 Å². The van der Waals surface area contributed by atoms with Gasteiger partial charge in [0.2, 0.25) is 5.91 Å². The summed E-state index contributed by atoms with van der Waals surface area (Å²) < 4.78 is 0. The van der Waals surface area contributed by atoms with Gasteiger partial charge in [-0.25, -0.2) is 4.98 Å². The summed E-state index contributed by atoms with van der Waals surface area (Å²) in [7, 11) is 0. The highest BCUT2D eigenvalue weighted by Crippen LogP contribution is 2.59. The molecule has 0 aliphatic heterocycles. The second kappa shape index (κ2) is 4.69. The molecule has 1 aromatic heterocycles. The molecular formula is C16H22N2OS. The minimum absolute atomic E-state index is 0.0674. The Hall–Kier alpha value is -1.16. The average Bonchev–Trinajstić information content (AvgIpc) is 3.20. The van der Waals surface area contributed by atoms with Crippen molar-refractivity contribution in [3.63, 3.8) is 0 Å². The van der Waals surface area contributed by atoms with Gasteiger partial charge in [0, 0.05) is 11.3 Å². The van der Waals surface area contributed by atoms with Crippen LogP contribution in [-0.4, -0.2) is 10.9 Å². The van der Waals surface area contributed by atoms with E-state index in [4.69, 9.17) is 0 Å². The Morgan fingerprint density at radius 3 is 2.75 bits per heavy atom. The van der Waals surface area contributed by atoms with E-state index >= 15 is 0 Å². The number of rotatable bonds is 4. The van der Waals surface area contributed by atoms with Crippen LogP contribution in [0.4, 0.5) is 5.13 Å². The number of nitrogens with zero attached hydrogens (tertiary/aromatic N) is 1. The Morgan fingerprint density at radius 2 is 2.15 bits per heavy atom. The molecule has 0 spiro atoms. The summed E-state index contributed by atoms with van der Waals surface area (Å²) in [6, 6.07) is 0. The number of anilines is 1. The largest absolute Gasteiger partial charge is 0.302 e. The smallest absolute Gasteiger partial charge is 0.230 e. The van der Waals surface area contributed by atoms with Gasteiger partial charge in [0.1, 0.15) is 0 Å². The van der Waals surface area contributed by atoms with E-state index in [2.05, 4.69) is 49.5 Å². The molecule has 0 radical (unpaired) electrons. The van der Waals surface area contributed by atoms with Crippen LogP contribution in [0.15, 0.2) is 17.0 Å². The third-order valence-corrected chi connectivity index (χ3v) is 5.23. The highest BCUT2D eigenvalue weighted by Gasteiger charge is 2.60.